The molecule has 2 atom stereocenters. The topological polar surface area (TPSA) is 94.8 Å². The van der Waals surface area contributed by atoms with Gasteiger partial charge < -0.3 is 19.2 Å². The van der Waals surface area contributed by atoms with Gasteiger partial charge in [-0.25, -0.2) is 4.79 Å². The lowest BCUT2D eigenvalue weighted by molar-refractivity contribution is -0.177. The molecule has 4 aliphatic rings. The van der Waals surface area contributed by atoms with Crippen molar-refractivity contribution in [3.8, 4) is 0 Å². The lowest BCUT2D eigenvalue weighted by atomic mass is 9.47. The van der Waals surface area contributed by atoms with E-state index in [-0.39, 0.29) is 36.4 Å². The van der Waals surface area contributed by atoms with Gasteiger partial charge in [0.2, 0.25) is 11.7 Å². The molecule has 4 bridgehead atoms. The summed E-state index contributed by atoms with van der Waals surface area (Å²) in [6.07, 6.45) is 5.24. The van der Waals surface area contributed by atoms with Crippen LogP contribution in [-0.2, 0) is 25.7 Å². The number of carbonyl (C=O) groups excluding carboxylic acids is 3. The van der Waals surface area contributed by atoms with E-state index in [1.54, 1.807) is 19.9 Å². The van der Waals surface area contributed by atoms with Crippen LogP contribution in [0, 0.1) is 17.3 Å². The summed E-state index contributed by atoms with van der Waals surface area (Å²) in [6, 6.07) is 7.31. The van der Waals surface area contributed by atoms with E-state index in [0.717, 1.165) is 37.5 Å². The zero-order chi connectivity index (χ0) is 22.5. The molecule has 1 amide bonds. The van der Waals surface area contributed by atoms with Crippen molar-refractivity contribution in [1.82, 2.24) is 5.32 Å². The normalized spacial score (nSPS) is 30.3. The number of hydrogen-bond acceptors (Lipinski definition) is 6. The van der Waals surface area contributed by atoms with Crippen molar-refractivity contribution in [3.05, 3.63) is 35.6 Å². The number of fused-ring (bicyclic) bond motifs is 1. The van der Waals surface area contributed by atoms with Crippen molar-refractivity contribution in [2.24, 2.45) is 17.3 Å². The van der Waals surface area contributed by atoms with E-state index in [1.807, 2.05) is 18.2 Å². The minimum Gasteiger partial charge on any atom is -0.460 e. The van der Waals surface area contributed by atoms with Gasteiger partial charge in [0.25, 0.3) is 0 Å². The number of nitrogens with one attached hydrogen (secondary N) is 1. The van der Waals surface area contributed by atoms with Crippen LogP contribution < -0.4 is 5.32 Å². The zero-order valence-electron chi connectivity index (χ0n) is 18.6. The molecule has 2 aromatic rings. The molecule has 170 valence electrons. The Hall–Kier alpha value is -2.83. The fourth-order valence-electron chi connectivity index (χ4n) is 6.92. The molecule has 1 aromatic carbocycles. The number of para-hydroxylation sites is 1. The van der Waals surface area contributed by atoms with Gasteiger partial charge in [-0.2, -0.15) is 0 Å². The first-order valence-electron chi connectivity index (χ1n) is 11.5. The Morgan fingerprint density at radius 1 is 1.09 bits per heavy atom. The standard InChI is InChI=1S/C25H29NO6/c1-3-30-22(28)21-19(18-6-4-5-7-20(18)32-21)13-31-23(29)24-9-16-8-17(10-24)12-25(11-16,14-24)26-15(2)27/h4-7,16-17H,3,8-14H2,1-2H3,(H,26,27). The Morgan fingerprint density at radius 3 is 2.50 bits per heavy atom. The molecule has 32 heavy (non-hydrogen) atoms. The first kappa shape index (κ1) is 21.0. The summed E-state index contributed by atoms with van der Waals surface area (Å²) in [5, 5.41) is 3.92. The molecular weight excluding hydrogens is 410 g/mol. The zero-order valence-corrected chi connectivity index (χ0v) is 18.6. The van der Waals surface area contributed by atoms with Gasteiger partial charge in [-0.1, -0.05) is 18.2 Å². The summed E-state index contributed by atoms with van der Waals surface area (Å²) in [7, 11) is 0. The second kappa shape index (κ2) is 7.64. The molecule has 0 radical (unpaired) electrons. The van der Waals surface area contributed by atoms with E-state index in [0.29, 0.717) is 29.4 Å². The lowest BCUT2D eigenvalue weighted by Gasteiger charge is -2.60. The highest BCUT2D eigenvalue weighted by atomic mass is 16.5. The summed E-state index contributed by atoms with van der Waals surface area (Å²) >= 11 is 0. The van der Waals surface area contributed by atoms with Crippen molar-refractivity contribution in [1.29, 1.82) is 0 Å². The minimum atomic E-state index is -0.573. The number of rotatable bonds is 6. The average Bonchev–Trinajstić information content (AvgIpc) is 3.09. The van der Waals surface area contributed by atoms with E-state index in [4.69, 9.17) is 13.9 Å². The van der Waals surface area contributed by atoms with Crippen LogP contribution in [0.5, 0.6) is 0 Å². The summed E-state index contributed by atoms with van der Waals surface area (Å²) in [5.74, 6) is 0.108. The van der Waals surface area contributed by atoms with Gasteiger partial charge in [0.05, 0.1) is 17.6 Å². The van der Waals surface area contributed by atoms with E-state index < -0.39 is 11.4 Å². The molecule has 6 rings (SSSR count). The van der Waals surface area contributed by atoms with Crippen LogP contribution >= 0.6 is 0 Å². The van der Waals surface area contributed by atoms with Crippen molar-refractivity contribution >= 4 is 28.8 Å². The molecule has 0 aliphatic heterocycles. The van der Waals surface area contributed by atoms with Gasteiger partial charge in [-0.15, -0.1) is 0 Å². The minimum absolute atomic E-state index is 0.0422. The molecule has 1 heterocycles. The van der Waals surface area contributed by atoms with Crippen molar-refractivity contribution in [3.63, 3.8) is 0 Å². The third-order valence-electron chi connectivity index (χ3n) is 7.44. The van der Waals surface area contributed by atoms with Gasteiger partial charge >= 0.3 is 11.9 Å². The van der Waals surface area contributed by atoms with Crippen LogP contribution in [0.4, 0.5) is 0 Å². The van der Waals surface area contributed by atoms with Crippen molar-refractivity contribution < 1.29 is 28.3 Å². The van der Waals surface area contributed by atoms with Crippen LogP contribution in [0.2, 0.25) is 0 Å². The first-order valence-corrected chi connectivity index (χ1v) is 11.5. The fraction of sp³-hybridized carbons (Fsp3) is 0.560. The fourth-order valence-corrected chi connectivity index (χ4v) is 6.92. The molecule has 1 N–H and O–H groups in total. The summed E-state index contributed by atoms with van der Waals surface area (Å²) < 4.78 is 16.8. The molecule has 0 saturated heterocycles. The van der Waals surface area contributed by atoms with Crippen molar-refractivity contribution in [2.45, 2.75) is 64.5 Å². The molecular formula is C25H29NO6. The largest absolute Gasteiger partial charge is 0.460 e. The maximum absolute atomic E-state index is 13.5. The van der Waals surface area contributed by atoms with E-state index in [2.05, 4.69) is 5.32 Å². The number of esters is 2. The Bertz CT molecular complexity index is 1070. The smallest absolute Gasteiger partial charge is 0.374 e. The molecule has 7 nitrogen and oxygen atoms in total. The number of benzene rings is 1. The molecule has 4 fully saturated rings. The van der Waals surface area contributed by atoms with Gasteiger partial charge in [-0.05, 0) is 63.4 Å². The molecule has 0 spiro atoms. The quantitative estimate of drug-likeness (QED) is 0.680. The predicted molar refractivity (Wildman–Crippen MR) is 116 cm³/mol. The second-order valence-corrected chi connectivity index (χ2v) is 9.91. The van der Waals surface area contributed by atoms with E-state index in [1.165, 1.54) is 0 Å². The SMILES string of the molecule is CCOC(=O)c1oc2ccccc2c1COC(=O)C12CC3CC(CC(NC(C)=O)(C3)C1)C2. The van der Waals surface area contributed by atoms with Gasteiger partial charge in [0, 0.05) is 17.8 Å². The van der Waals surface area contributed by atoms with E-state index >= 15 is 0 Å². The van der Waals surface area contributed by atoms with E-state index in [9.17, 15) is 14.4 Å². The average molecular weight is 440 g/mol. The monoisotopic (exact) mass is 439 g/mol. The number of furan rings is 1. The lowest BCUT2D eigenvalue weighted by Crippen LogP contribution is -2.64. The van der Waals surface area contributed by atoms with Crippen LogP contribution in [0.15, 0.2) is 28.7 Å². The Kier molecular flexibility index (Phi) is 5.02. The summed E-state index contributed by atoms with van der Waals surface area (Å²) in [4.78, 5) is 37.8. The van der Waals surface area contributed by atoms with Crippen LogP contribution in [0.25, 0.3) is 11.0 Å². The Labute approximate surface area is 186 Å². The third-order valence-corrected chi connectivity index (χ3v) is 7.44. The third kappa shape index (κ3) is 3.48. The Balaban J connectivity index is 1.40. The molecule has 4 saturated carbocycles. The van der Waals surface area contributed by atoms with Gasteiger partial charge in [0.15, 0.2) is 0 Å². The number of ether oxygens (including phenoxy) is 2. The van der Waals surface area contributed by atoms with Gasteiger partial charge in [0.1, 0.15) is 12.2 Å². The highest BCUT2D eigenvalue weighted by molar-refractivity contribution is 5.96. The first-order chi connectivity index (χ1) is 15.3. The highest BCUT2D eigenvalue weighted by Crippen LogP contribution is 2.62. The second-order valence-electron chi connectivity index (χ2n) is 9.91. The van der Waals surface area contributed by atoms with Crippen LogP contribution in [0.1, 0.15) is 68.5 Å². The summed E-state index contributed by atoms with van der Waals surface area (Å²) in [6.45, 7) is 3.46. The summed E-state index contributed by atoms with van der Waals surface area (Å²) in [5.41, 5.74) is 0.221. The Morgan fingerprint density at radius 2 is 1.81 bits per heavy atom. The maximum Gasteiger partial charge on any atom is 0.374 e. The number of carbonyl (C=O) groups is 3. The van der Waals surface area contributed by atoms with Crippen LogP contribution in [-0.4, -0.2) is 30.0 Å². The molecule has 7 heteroatoms. The van der Waals surface area contributed by atoms with Crippen molar-refractivity contribution in [2.75, 3.05) is 6.61 Å². The number of hydrogen-bond donors (Lipinski definition) is 1. The van der Waals surface area contributed by atoms with Gasteiger partial charge in [-0.3, -0.25) is 9.59 Å². The van der Waals surface area contributed by atoms with Crippen LogP contribution in [0.3, 0.4) is 0 Å². The maximum atomic E-state index is 13.5. The predicted octanol–water partition coefficient (Wildman–Crippen LogP) is 4.13. The molecule has 4 aliphatic carbocycles. The number of amides is 1. The molecule has 2 unspecified atom stereocenters. The highest BCUT2D eigenvalue weighted by Gasteiger charge is 2.61. The molecule has 1 aromatic heterocycles.